The molecule has 0 unspecified atom stereocenters. The number of ketones is 1. The number of carbonyl (C=O) groups is 2. The molecule has 0 aliphatic carbocycles. The average Bonchev–Trinajstić information content (AvgIpc) is 2.96. The lowest BCUT2D eigenvalue weighted by molar-refractivity contribution is -0.895. The molecule has 0 bridgehead atoms. The standard InChI is InChI=1S/C23H31N3O2/c1-16(2)20-6-8-21(9-7-20)26-17(3)14-22(18(26)4)23(28)15-24-10-12-25(13-11-24)19(5)27/h6-9,14,16H,10-13,15H2,1-5H3/p+1. The van der Waals surface area contributed by atoms with Gasteiger partial charge in [-0.15, -0.1) is 0 Å². The third-order valence-electron chi connectivity index (χ3n) is 5.88. The summed E-state index contributed by atoms with van der Waals surface area (Å²) in [6.45, 7) is 13.7. The van der Waals surface area contributed by atoms with Gasteiger partial charge in [0.25, 0.3) is 0 Å². The highest BCUT2D eigenvalue weighted by Gasteiger charge is 2.25. The number of quaternary nitrogens is 1. The van der Waals surface area contributed by atoms with E-state index in [0.29, 0.717) is 12.5 Å². The molecule has 1 aliphatic heterocycles. The third-order valence-corrected chi connectivity index (χ3v) is 5.88. The molecule has 1 aromatic heterocycles. The molecule has 5 nitrogen and oxygen atoms in total. The predicted molar refractivity (Wildman–Crippen MR) is 111 cm³/mol. The van der Waals surface area contributed by atoms with Crippen molar-refractivity contribution >= 4 is 11.7 Å². The molecule has 150 valence electrons. The van der Waals surface area contributed by atoms with Gasteiger partial charge in [0, 0.05) is 29.6 Å². The molecule has 1 N–H and O–H groups in total. The molecule has 0 saturated carbocycles. The summed E-state index contributed by atoms with van der Waals surface area (Å²) in [5.74, 6) is 0.811. The second-order valence-corrected chi connectivity index (χ2v) is 8.22. The van der Waals surface area contributed by atoms with E-state index >= 15 is 0 Å². The minimum Gasteiger partial charge on any atom is -0.332 e. The Bertz CT molecular complexity index is 857. The van der Waals surface area contributed by atoms with Crippen molar-refractivity contribution in [3.8, 4) is 5.69 Å². The Balaban J connectivity index is 1.74. The molecule has 0 radical (unpaired) electrons. The molecule has 28 heavy (non-hydrogen) atoms. The number of aryl methyl sites for hydroxylation is 1. The van der Waals surface area contributed by atoms with E-state index in [9.17, 15) is 9.59 Å². The highest BCUT2D eigenvalue weighted by Crippen LogP contribution is 2.23. The van der Waals surface area contributed by atoms with Crippen molar-refractivity contribution in [2.75, 3.05) is 32.7 Å². The van der Waals surface area contributed by atoms with Crippen molar-refractivity contribution in [3.05, 3.63) is 52.8 Å². The number of hydrogen-bond acceptors (Lipinski definition) is 2. The summed E-state index contributed by atoms with van der Waals surface area (Å²) < 4.78 is 2.17. The average molecular weight is 383 g/mol. The molecule has 2 aromatic rings. The zero-order valence-corrected chi connectivity index (χ0v) is 17.7. The van der Waals surface area contributed by atoms with Gasteiger partial charge in [0.1, 0.15) is 6.54 Å². The van der Waals surface area contributed by atoms with Crippen LogP contribution in [0.4, 0.5) is 0 Å². The van der Waals surface area contributed by atoms with Crippen molar-refractivity contribution in [1.82, 2.24) is 9.47 Å². The van der Waals surface area contributed by atoms with E-state index < -0.39 is 0 Å². The summed E-state index contributed by atoms with van der Waals surface area (Å²) in [7, 11) is 0. The molecular formula is C23H32N3O2+. The molecule has 1 saturated heterocycles. The Morgan fingerprint density at radius 2 is 1.68 bits per heavy atom. The van der Waals surface area contributed by atoms with Crippen LogP contribution in [-0.2, 0) is 4.79 Å². The van der Waals surface area contributed by atoms with Gasteiger partial charge >= 0.3 is 0 Å². The maximum absolute atomic E-state index is 13.0. The molecule has 1 fully saturated rings. The van der Waals surface area contributed by atoms with Crippen molar-refractivity contribution in [2.24, 2.45) is 0 Å². The number of rotatable bonds is 5. The normalized spacial score (nSPS) is 15.3. The topological polar surface area (TPSA) is 46.8 Å². The highest BCUT2D eigenvalue weighted by atomic mass is 16.2. The number of piperazine rings is 1. The number of carbonyl (C=O) groups excluding carboxylic acids is 2. The zero-order chi connectivity index (χ0) is 20.4. The Morgan fingerprint density at radius 1 is 1.07 bits per heavy atom. The predicted octanol–water partition coefficient (Wildman–Crippen LogP) is 2.15. The highest BCUT2D eigenvalue weighted by molar-refractivity contribution is 5.98. The van der Waals surface area contributed by atoms with Crippen LogP contribution in [0, 0.1) is 13.8 Å². The molecule has 5 heteroatoms. The second-order valence-electron chi connectivity index (χ2n) is 8.22. The minimum absolute atomic E-state index is 0.123. The van der Waals surface area contributed by atoms with E-state index in [1.54, 1.807) is 6.92 Å². The van der Waals surface area contributed by atoms with Crippen molar-refractivity contribution in [1.29, 1.82) is 0 Å². The fraction of sp³-hybridized carbons (Fsp3) is 0.478. The lowest BCUT2D eigenvalue weighted by atomic mass is 10.0. The molecule has 1 aliphatic rings. The largest absolute Gasteiger partial charge is 0.332 e. The fourth-order valence-corrected chi connectivity index (χ4v) is 4.09. The van der Waals surface area contributed by atoms with Gasteiger partial charge in [0.2, 0.25) is 11.7 Å². The van der Waals surface area contributed by atoms with Crippen LogP contribution in [0.3, 0.4) is 0 Å². The molecule has 2 heterocycles. The molecule has 0 atom stereocenters. The van der Waals surface area contributed by atoms with Gasteiger partial charge in [-0.1, -0.05) is 26.0 Å². The quantitative estimate of drug-likeness (QED) is 0.806. The van der Waals surface area contributed by atoms with E-state index in [-0.39, 0.29) is 11.7 Å². The number of amides is 1. The first kappa shape index (κ1) is 20.3. The van der Waals surface area contributed by atoms with Crippen LogP contribution in [0.1, 0.15) is 54.0 Å². The SMILES string of the molecule is CC(=O)N1CC[NH+](CC(=O)c2cc(C)n(-c3ccc(C(C)C)cc3)c2C)CC1. The Hall–Kier alpha value is -2.40. The van der Waals surface area contributed by atoms with Crippen LogP contribution in [0.2, 0.25) is 0 Å². The Labute approximate surface area is 167 Å². The molecule has 1 aromatic carbocycles. The van der Waals surface area contributed by atoms with Crippen molar-refractivity contribution < 1.29 is 14.5 Å². The van der Waals surface area contributed by atoms with E-state index in [0.717, 1.165) is 48.8 Å². The third kappa shape index (κ3) is 4.20. The van der Waals surface area contributed by atoms with Gasteiger partial charge < -0.3 is 14.4 Å². The van der Waals surface area contributed by atoms with E-state index in [1.165, 1.54) is 10.5 Å². The molecule has 1 amide bonds. The number of nitrogens with zero attached hydrogens (tertiary/aromatic N) is 2. The number of hydrogen-bond donors (Lipinski definition) is 1. The fourth-order valence-electron chi connectivity index (χ4n) is 4.09. The van der Waals surface area contributed by atoms with Gasteiger partial charge in [-0.3, -0.25) is 9.59 Å². The second kappa shape index (κ2) is 8.31. The summed E-state index contributed by atoms with van der Waals surface area (Å²) >= 11 is 0. The number of aromatic nitrogens is 1. The molecule has 3 rings (SSSR count). The number of benzene rings is 1. The van der Waals surface area contributed by atoms with Gasteiger partial charge in [-0.2, -0.15) is 0 Å². The summed E-state index contributed by atoms with van der Waals surface area (Å²) in [6, 6.07) is 10.6. The van der Waals surface area contributed by atoms with Crippen molar-refractivity contribution in [3.63, 3.8) is 0 Å². The number of nitrogens with one attached hydrogen (secondary N) is 1. The maximum Gasteiger partial charge on any atom is 0.219 e. The smallest absolute Gasteiger partial charge is 0.219 e. The van der Waals surface area contributed by atoms with Gasteiger partial charge in [0.05, 0.1) is 26.2 Å². The van der Waals surface area contributed by atoms with Crippen LogP contribution in [0.15, 0.2) is 30.3 Å². The molecule has 0 spiro atoms. The van der Waals surface area contributed by atoms with E-state index in [1.807, 2.05) is 17.9 Å². The Morgan fingerprint density at radius 3 is 2.21 bits per heavy atom. The van der Waals surface area contributed by atoms with Crippen LogP contribution in [0.5, 0.6) is 0 Å². The van der Waals surface area contributed by atoms with Gasteiger partial charge in [-0.25, -0.2) is 0 Å². The Kier molecular flexibility index (Phi) is 6.04. The van der Waals surface area contributed by atoms with E-state index in [2.05, 4.69) is 49.6 Å². The van der Waals surface area contributed by atoms with Gasteiger partial charge in [0.15, 0.2) is 0 Å². The minimum atomic E-state index is 0.123. The first-order valence-electron chi connectivity index (χ1n) is 10.2. The summed E-state index contributed by atoms with van der Waals surface area (Å²) in [6.07, 6.45) is 0. The zero-order valence-electron chi connectivity index (χ0n) is 17.7. The van der Waals surface area contributed by atoms with Crippen LogP contribution < -0.4 is 4.90 Å². The lowest BCUT2D eigenvalue weighted by Crippen LogP contribution is -3.15. The molecular weight excluding hydrogens is 350 g/mol. The summed E-state index contributed by atoms with van der Waals surface area (Å²) in [5.41, 5.74) is 5.31. The number of Topliss-reactive ketones (excluding diaryl/α,β-unsaturated/α-hetero) is 1. The van der Waals surface area contributed by atoms with Crippen molar-refractivity contribution in [2.45, 2.75) is 40.5 Å². The monoisotopic (exact) mass is 382 g/mol. The maximum atomic E-state index is 13.0. The first-order chi connectivity index (χ1) is 13.3. The summed E-state index contributed by atoms with van der Waals surface area (Å²) in [4.78, 5) is 27.6. The van der Waals surface area contributed by atoms with Gasteiger partial charge in [-0.05, 0) is 43.5 Å². The van der Waals surface area contributed by atoms with Crippen LogP contribution >= 0.6 is 0 Å². The van der Waals surface area contributed by atoms with Crippen LogP contribution in [-0.4, -0.2) is 53.9 Å². The van der Waals surface area contributed by atoms with E-state index in [4.69, 9.17) is 0 Å². The first-order valence-corrected chi connectivity index (χ1v) is 10.2. The lowest BCUT2D eigenvalue weighted by Gasteiger charge is -2.31. The summed E-state index contributed by atoms with van der Waals surface area (Å²) in [5, 5.41) is 0. The van der Waals surface area contributed by atoms with Crippen LogP contribution in [0.25, 0.3) is 5.69 Å².